The second kappa shape index (κ2) is 6.87. The molecule has 0 saturated carbocycles. The van der Waals surface area contributed by atoms with Crippen molar-refractivity contribution >= 4 is 12.4 Å². The van der Waals surface area contributed by atoms with Gasteiger partial charge in [0.25, 0.3) is 0 Å². The van der Waals surface area contributed by atoms with Crippen LogP contribution in [0.3, 0.4) is 0 Å². The van der Waals surface area contributed by atoms with Crippen LogP contribution in [0.5, 0.6) is 0 Å². The van der Waals surface area contributed by atoms with Crippen LogP contribution in [-0.4, -0.2) is 11.5 Å². The smallest absolute Gasteiger partial charge is 0.0332 e. The molecule has 0 spiro atoms. The van der Waals surface area contributed by atoms with Crippen molar-refractivity contribution in [3.8, 4) is 0 Å². The van der Waals surface area contributed by atoms with E-state index in [4.69, 9.17) is 0 Å². The largest absolute Gasteiger partial charge is 0.310 e. The van der Waals surface area contributed by atoms with Crippen molar-refractivity contribution in [1.29, 1.82) is 0 Å². The first kappa shape index (κ1) is 12.4. The maximum Gasteiger partial charge on any atom is 0.0332 e. The van der Waals surface area contributed by atoms with E-state index in [1.165, 1.54) is 5.56 Å². The lowest BCUT2D eigenvalue weighted by Crippen LogP contribution is -2.19. The molecule has 13 heavy (non-hydrogen) atoms. The van der Waals surface area contributed by atoms with Gasteiger partial charge in [-0.05, 0) is 24.6 Å². The van der Waals surface area contributed by atoms with Crippen LogP contribution in [0.2, 0.25) is 0 Å². The van der Waals surface area contributed by atoms with E-state index in [0.717, 1.165) is 13.0 Å². The highest BCUT2D eigenvalue weighted by Crippen LogP contribution is 2.13. The SMILES string of the molecule is CCNC(CC)c1cccnc1.Cl. The highest BCUT2D eigenvalue weighted by molar-refractivity contribution is 5.85. The van der Waals surface area contributed by atoms with E-state index >= 15 is 0 Å². The van der Waals surface area contributed by atoms with Crippen LogP contribution in [0.4, 0.5) is 0 Å². The molecular formula is C10H17ClN2. The zero-order chi connectivity index (χ0) is 8.81. The average molecular weight is 201 g/mol. The number of nitrogens with zero attached hydrogens (tertiary/aromatic N) is 1. The Hall–Kier alpha value is -0.600. The van der Waals surface area contributed by atoms with Crippen molar-refractivity contribution < 1.29 is 0 Å². The average Bonchev–Trinajstić information content (AvgIpc) is 2.15. The van der Waals surface area contributed by atoms with Crippen LogP contribution in [0.1, 0.15) is 31.9 Å². The second-order valence-electron chi connectivity index (χ2n) is 2.80. The van der Waals surface area contributed by atoms with E-state index in [1.54, 1.807) is 0 Å². The minimum Gasteiger partial charge on any atom is -0.310 e. The minimum absolute atomic E-state index is 0. The molecule has 2 nitrogen and oxygen atoms in total. The number of pyridine rings is 1. The normalized spacial score (nSPS) is 11.8. The first-order chi connectivity index (χ1) is 5.88. The molecule has 1 N–H and O–H groups in total. The molecule has 1 rings (SSSR count). The molecule has 0 radical (unpaired) electrons. The molecule has 1 aromatic rings. The third kappa shape index (κ3) is 3.75. The van der Waals surface area contributed by atoms with Crippen molar-refractivity contribution in [2.45, 2.75) is 26.3 Å². The van der Waals surface area contributed by atoms with Crippen molar-refractivity contribution in [1.82, 2.24) is 10.3 Å². The monoisotopic (exact) mass is 200 g/mol. The molecule has 0 aliphatic rings. The summed E-state index contributed by atoms with van der Waals surface area (Å²) >= 11 is 0. The van der Waals surface area contributed by atoms with Crippen molar-refractivity contribution in [3.05, 3.63) is 30.1 Å². The molecule has 0 aliphatic carbocycles. The molecule has 0 fully saturated rings. The Bertz CT molecular complexity index is 213. The second-order valence-corrected chi connectivity index (χ2v) is 2.80. The lowest BCUT2D eigenvalue weighted by Gasteiger charge is -2.14. The van der Waals surface area contributed by atoms with E-state index in [2.05, 4.69) is 30.2 Å². The summed E-state index contributed by atoms with van der Waals surface area (Å²) in [5.41, 5.74) is 1.28. The Labute approximate surface area is 86.2 Å². The number of hydrogen-bond acceptors (Lipinski definition) is 2. The third-order valence-corrected chi connectivity index (χ3v) is 1.95. The number of nitrogens with one attached hydrogen (secondary N) is 1. The van der Waals surface area contributed by atoms with Gasteiger partial charge in [0, 0.05) is 18.4 Å². The van der Waals surface area contributed by atoms with E-state index < -0.39 is 0 Å². The summed E-state index contributed by atoms with van der Waals surface area (Å²) in [4.78, 5) is 4.10. The van der Waals surface area contributed by atoms with Gasteiger partial charge in [0.2, 0.25) is 0 Å². The van der Waals surface area contributed by atoms with Crippen molar-refractivity contribution in [2.24, 2.45) is 0 Å². The van der Waals surface area contributed by atoms with Crippen LogP contribution in [0, 0.1) is 0 Å². The van der Waals surface area contributed by atoms with Crippen LogP contribution in [0.15, 0.2) is 24.5 Å². The minimum atomic E-state index is 0. The maximum atomic E-state index is 4.10. The number of hydrogen-bond donors (Lipinski definition) is 1. The first-order valence-electron chi connectivity index (χ1n) is 4.51. The fourth-order valence-electron chi connectivity index (χ4n) is 1.33. The molecule has 0 amide bonds. The molecule has 74 valence electrons. The van der Waals surface area contributed by atoms with Gasteiger partial charge in [-0.25, -0.2) is 0 Å². The van der Waals surface area contributed by atoms with E-state index in [1.807, 2.05) is 18.5 Å². The van der Waals surface area contributed by atoms with Gasteiger partial charge in [0.05, 0.1) is 0 Å². The van der Waals surface area contributed by atoms with Gasteiger partial charge in [-0.2, -0.15) is 0 Å². The number of aromatic nitrogens is 1. The summed E-state index contributed by atoms with van der Waals surface area (Å²) in [6, 6.07) is 4.56. The Morgan fingerprint density at radius 3 is 2.69 bits per heavy atom. The van der Waals surface area contributed by atoms with Crippen LogP contribution in [-0.2, 0) is 0 Å². The lowest BCUT2D eigenvalue weighted by atomic mass is 10.1. The molecule has 1 heterocycles. The van der Waals surface area contributed by atoms with Gasteiger partial charge in [-0.1, -0.05) is 19.9 Å². The van der Waals surface area contributed by atoms with Crippen LogP contribution < -0.4 is 5.32 Å². The summed E-state index contributed by atoms with van der Waals surface area (Å²) < 4.78 is 0. The van der Waals surface area contributed by atoms with Gasteiger partial charge < -0.3 is 5.32 Å². The summed E-state index contributed by atoms with van der Waals surface area (Å²) in [6.07, 6.45) is 4.85. The standard InChI is InChI=1S/C10H16N2.ClH/c1-3-10(12-4-2)9-6-5-7-11-8-9;/h5-8,10,12H,3-4H2,1-2H3;1H. The molecule has 1 atom stereocenters. The maximum absolute atomic E-state index is 4.10. The predicted molar refractivity (Wildman–Crippen MR) is 58.2 cm³/mol. The lowest BCUT2D eigenvalue weighted by molar-refractivity contribution is 0.536. The van der Waals surface area contributed by atoms with Crippen molar-refractivity contribution in [3.63, 3.8) is 0 Å². The molecule has 1 aromatic heterocycles. The van der Waals surface area contributed by atoms with E-state index in [9.17, 15) is 0 Å². The molecule has 0 saturated heterocycles. The van der Waals surface area contributed by atoms with E-state index in [0.29, 0.717) is 6.04 Å². The predicted octanol–water partition coefficient (Wildman–Crippen LogP) is 2.56. The van der Waals surface area contributed by atoms with Gasteiger partial charge in [0.15, 0.2) is 0 Å². The van der Waals surface area contributed by atoms with Crippen LogP contribution in [0.25, 0.3) is 0 Å². The molecule has 0 aliphatic heterocycles. The molecule has 3 heteroatoms. The summed E-state index contributed by atoms with van der Waals surface area (Å²) in [5, 5.41) is 3.41. The van der Waals surface area contributed by atoms with Crippen molar-refractivity contribution in [2.75, 3.05) is 6.54 Å². The van der Waals surface area contributed by atoms with Gasteiger partial charge in [-0.3, -0.25) is 4.98 Å². The molecular weight excluding hydrogens is 184 g/mol. The molecule has 0 bridgehead atoms. The quantitative estimate of drug-likeness (QED) is 0.808. The van der Waals surface area contributed by atoms with E-state index in [-0.39, 0.29) is 12.4 Å². The fourth-order valence-corrected chi connectivity index (χ4v) is 1.33. The summed E-state index contributed by atoms with van der Waals surface area (Å²) in [5.74, 6) is 0. The first-order valence-corrected chi connectivity index (χ1v) is 4.51. The topological polar surface area (TPSA) is 24.9 Å². The van der Waals surface area contributed by atoms with Gasteiger partial charge in [0.1, 0.15) is 0 Å². The summed E-state index contributed by atoms with van der Waals surface area (Å²) in [7, 11) is 0. The highest BCUT2D eigenvalue weighted by Gasteiger charge is 2.05. The summed E-state index contributed by atoms with van der Waals surface area (Å²) in [6.45, 7) is 5.31. The van der Waals surface area contributed by atoms with Gasteiger partial charge >= 0.3 is 0 Å². The number of halogens is 1. The Balaban J connectivity index is 0.00000144. The Kier molecular flexibility index (Phi) is 6.55. The Morgan fingerprint density at radius 1 is 1.46 bits per heavy atom. The molecule has 0 aromatic carbocycles. The third-order valence-electron chi connectivity index (χ3n) is 1.95. The fraction of sp³-hybridized carbons (Fsp3) is 0.500. The van der Waals surface area contributed by atoms with Gasteiger partial charge in [-0.15, -0.1) is 12.4 Å². The highest BCUT2D eigenvalue weighted by atomic mass is 35.5. The van der Waals surface area contributed by atoms with Crippen LogP contribution >= 0.6 is 12.4 Å². The zero-order valence-corrected chi connectivity index (χ0v) is 8.97. The molecule has 1 unspecified atom stereocenters. The number of rotatable bonds is 4. The zero-order valence-electron chi connectivity index (χ0n) is 8.16. The Morgan fingerprint density at radius 2 is 2.23 bits per heavy atom.